The number of thioether (sulfide) groups is 1. The molecule has 0 unspecified atom stereocenters. The topological polar surface area (TPSA) is 29.5 Å². The Balaban J connectivity index is 1.97. The van der Waals surface area contributed by atoms with Crippen LogP contribution in [0.1, 0.15) is 11.1 Å². The molecule has 1 heterocycles. The third-order valence-electron chi connectivity index (χ3n) is 3.61. The molecule has 2 aromatic rings. The Bertz CT molecular complexity index is 847. The highest BCUT2D eigenvalue weighted by Gasteiger charge is 2.33. The number of halogens is 1. The lowest BCUT2D eigenvalue weighted by molar-refractivity contribution is -0.113. The summed E-state index contributed by atoms with van der Waals surface area (Å²) in [5.74, 6) is 0.616. The molecule has 0 aliphatic carbocycles. The number of carbonyl (C=O) groups excluding carboxylic acids is 1. The second-order valence-electron chi connectivity index (χ2n) is 5.19. The van der Waals surface area contributed by atoms with Gasteiger partial charge < -0.3 is 4.74 Å². The molecule has 1 aliphatic heterocycles. The van der Waals surface area contributed by atoms with Crippen LogP contribution in [0.15, 0.2) is 47.4 Å². The third-order valence-corrected chi connectivity index (χ3v) is 5.17. The maximum Gasteiger partial charge on any atom is 0.270 e. The number of nitrogens with zero attached hydrogens (tertiary/aromatic N) is 1. The van der Waals surface area contributed by atoms with Gasteiger partial charge in [-0.1, -0.05) is 53.8 Å². The molecule has 0 radical (unpaired) electrons. The molecule has 0 N–H and O–H groups in total. The molecule has 0 saturated carbocycles. The average Bonchev–Trinajstić information content (AvgIpc) is 2.83. The van der Waals surface area contributed by atoms with Gasteiger partial charge >= 0.3 is 0 Å². The fourth-order valence-electron chi connectivity index (χ4n) is 2.49. The van der Waals surface area contributed by atoms with Gasteiger partial charge in [-0.15, -0.1) is 0 Å². The van der Waals surface area contributed by atoms with Crippen molar-refractivity contribution in [2.75, 3.05) is 12.0 Å². The van der Waals surface area contributed by atoms with Crippen molar-refractivity contribution in [3.8, 4) is 5.75 Å². The summed E-state index contributed by atoms with van der Waals surface area (Å²) < 4.78 is 5.95. The van der Waals surface area contributed by atoms with Gasteiger partial charge in [0.2, 0.25) is 0 Å². The fourth-order valence-corrected chi connectivity index (χ4v) is 3.91. The number of hydrogen-bond acceptors (Lipinski definition) is 4. The van der Waals surface area contributed by atoms with Crippen molar-refractivity contribution in [3.63, 3.8) is 0 Å². The normalized spacial score (nSPS) is 16.1. The first-order valence-corrected chi connectivity index (χ1v) is 8.78. The van der Waals surface area contributed by atoms with Crippen molar-refractivity contribution in [1.29, 1.82) is 0 Å². The predicted octanol–water partition coefficient (Wildman–Crippen LogP) is 5.06. The Morgan fingerprint density at radius 3 is 2.58 bits per heavy atom. The Hall–Kier alpha value is -1.82. The first-order valence-electron chi connectivity index (χ1n) is 7.18. The molecule has 122 valence electrons. The van der Waals surface area contributed by atoms with Crippen molar-refractivity contribution < 1.29 is 9.53 Å². The molecule has 0 spiro atoms. The molecule has 3 nitrogen and oxygen atoms in total. The van der Waals surface area contributed by atoms with Crippen molar-refractivity contribution in [3.05, 3.63) is 63.5 Å². The van der Waals surface area contributed by atoms with Crippen molar-refractivity contribution in [2.24, 2.45) is 0 Å². The van der Waals surface area contributed by atoms with Crippen molar-refractivity contribution in [2.45, 2.75) is 6.92 Å². The molecule has 1 amide bonds. The van der Waals surface area contributed by atoms with Crippen LogP contribution in [-0.2, 0) is 4.79 Å². The smallest absolute Gasteiger partial charge is 0.270 e. The molecule has 2 aromatic carbocycles. The van der Waals surface area contributed by atoms with Crippen LogP contribution in [0.25, 0.3) is 6.08 Å². The van der Waals surface area contributed by atoms with Crippen LogP contribution >= 0.6 is 35.6 Å². The predicted molar refractivity (Wildman–Crippen MR) is 105 cm³/mol. The molecule has 24 heavy (non-hydrogen) atoms. The Morgan fingerprint density at radius 1 is 1.21 bits per heavy atom. The van der Waals surface area contributed by atoms with Gasteiger partial charge in [0.25, 0.3) is 5.91 Å². The molecule has 0 bridgehead atoms. The number of hydrogen-bond donors (Lipinski definition) is 0. The van der Waals surface area contributed by atoms with E-state index in [-0.39, 0.29) is 5.91 Å². The van der Waals surface area contributed by atoms with Gasteiger partial charge in [-0.05, 0) is 42.8 Å². The quantitative estimate of drug-likeness (QED) is 0.553. The van der Waals surface area contributed by atoms with Gasteiger partial charge in [0.05, 0.1) is 17.7 Å². The summed E-state index contributed by atoms with van der Waals surface area (Å²) in [5, 5.41) is 0.615. The zero-order chi connectivity index (χ0) is 17.3. The Kier molecular flexibility index (Phi) is 4.94. The molecule has 3 rings (SSSR count). The van der Waals surface area contributed by atoms with E-state index in [0.717, 1.165) is 16.9 Å². The summed E-state index contributed by atoms with van der Waals surface area (Å²) in [5.41, 5.74) is 2.58. The van der Waals surface area contributed by atoms with E-state index < -0.39 is 0 Å². The van der Waals surface area contributed by atoms with Gasteiger partial charge in [0.1, 0.15) is 5.75 Å². The first kappa shape index (κ1) is 17.0. The number of para-hydroxylation sites is 1. The molecule has 1 saturated heterocycles. The van der Waals surface area contributed by atoms with E-state index in [4.69, 9.17) is 28.6 Å². The first-order chi connectivity index (χ1) is 11.5. The van der Waals surface area contributed by atoms with Crippen LogP contribution in [0.4, 0.5) is 5.69 Å². The fraction of sp³-hybridized carbons (Fsp3) is 0.111. The summed E-state index contributed by atoms with van der Waals surface area (Å²) in [6.45, 7) is 1.97. The van der Waals surface area contributed by atoms with Gasteiger partial charge in [-0.3, -0.25) is 9.69 Å². The van der Waals surface area contributed by atoms with Gasteiger partial charge in [0.15, 0.2) is 4.32 Å². The third kappa shape index (κ3) is 3.20. The van der Waals surface area contributed by atoms with E-state index in [1.807, 2.05) is 31.2 Å². The number of amides is 1. The number of thiocarbonyl (C=S) groups is 1. The Morgan fingerprint density at radius 2 is 1.92 bits per heavy atom. The van der Waals surface area contributed by atoms with E-state index >= 15 is 0 Å². The van der Waals surface area contributed by atoms with Gasteiger partial charge in [0, 0.05) is 10.6 Å². The maximum atomic E-state index is 12.8. The number of aryl methyl sites for hydroxylation is 1. The Labute approximate surface area is 155 Å². The van der Waals surface area contributed by atoms with Crippen molar-refractivity contribution in [1.82, 2.24) is 0 Å². The van der Waals surface area contributed by atoms with E-state index in [0.29, 0.717) is 19.9 Å². The highest BCUT2D eigenvalue weighted by molar-refractivity contribution is 8.27. The largest absolute Gasteiger partial charge is 0.496 e. The highest BCUT2D eigenvalue weighted by atomic mass is 35.5. The van der Waals surface area contributed by atoms with Crippen LogP contribution in [0.5, 0.6) is 5.75 Å². The van der Waals surface area contributed by atoms with E-state index in [1.165, 1.54) is 16.7 Å². The molecule has 6 heteroatoms. The number of benzene rings is 2. The van der Waals surface area contributed by atoms with E-state index in [2.05, 4.69) is 0 Å². The SMILES string of the molecule is COc1c(C)cccc1/C=C1/SC(=S)N(c2ccc(Cl)cc2)C1=O. The van der Waals surface area contributed by atoms with E-state index in [1.54, 1.807) is 31.4 Å². The van der Waals surface area contributed by atoms with Crippen LogP contribution in [0.2, 0.25) is 5.02 Å². The summed E-state index contributed by atoms with van der Waals surface area (Å²) in [6, 6.07) is 12.9. The van der Waals surface area contributed by atoms with Crippen LogP contribution in [0, 0.1) is 6.92 Å². The number of rotatable bonds is 3. The van der Waals surface area contributed by atoms with Gasteiger partial charge in [-0.25, -0.2) is 0 Å². The second kappa shape index (κ2) is 6.97. The monoisotopic (exact) mass is 375 g/mol. The van der Waals surface area contributed by atoms with Crippen LogP contribution in [-0.4, -0.2) is 17.3 Å². The zero-order valence-electron chi connectivity index (χ0n) is 13.1. The highest BCUT2D eigenvalue weighted by Crippen LogP contribution is 2.37. The number of methoxy groups -OCH3 is 1. The molecular weight excluding hydrogens is 362 g/mol. The zero-order valence-corrected chi connectivity index (χ0v) is 15.5. The molecule has 1 fully saturated rings. The summed E-state index contributed by atoms with van der Waals surface area (Å²) >= 11 is 12.6. The summed E-state index contributed by atoms with van der Waals surface area (Å²) in [6.07, 6.45) is 1.82. The minimum atomic E-state index is -0.143. The standard InChI is InChI=1S/C18H14ClNO2S2/c1-11-4-3-5-12(16(11)22-2)10-15-17(21)20(18(23)24-15)14-8-6-13(19)7-9-14/h3-10H,1-2H3/b15-10+. The molecule has 0 aromatic heterocycles. The molecule has 0 atom stereocenters. The van der Waals surface area contributed by atoms with Crippen LogP contribution < -0.4 is 9.64 Å². The average molecular weight is 376 g/mol. The maximum absolute atomic E-state index is 12.8. The number of carbonyl (C=O) groups is 1. The number of ether oxygens (including phenoxy) is 1. The van der Waals surface area contributed by atoms with E-state index in [9.17, 15) is 4.79 Å². The summed E-state index contributed by atoms with van der Waals surface area (Å²) in [4.78, 5) is 14.9. The number of anilines is 1. The lowest BCUT2D eigenvalue weighted by Crippen LogP contribution is -2.27. The minimum Gasteiger partial charge on any atom is -0.496 e. The molecule has 1 aliphatic rings. The second-order valence-corrected chi connectivity index (χ2v) is 7.30. The van der Waals surface area contributed by atoms with Crippen LogP contribution in [0.3, 0.4) is 0 Å². The van der Waals surface area contributed by atoms with Crippen molar-refractivity contribution >= 4 is 57.6 Å². The lowest BCUT2D eigenvalue weighted by Gasteiger charge is -2.14. The van der Waals surface area contributed by atoms with Gasteiger partial charge in [-0.2, -0.15) is 0 Å². The molecular formula is C18H14ClNO2S2. The minimum absolute atomic E-state index is 0.143. The summed E-state index contributed by atoms with van der Waals surface area (Å²) in [7, 11) is 1.62. The lowest BCUT2D eigenvalue weighted by atomic mass is 10.1.